The van der Waals surface area contributed by atoms with Crippen molar-refractivity contribution in [3.05, 3.63) is 42.1 Å². The van der Waals surface area contributed by atoms with Gasteiger partial charge in [0.25, 0.3) is 5.91 Å². The molecule has 0 aliphatic carbocycles. The molecule has 2 aromatic heterocycles. The lowest BCUT2D eigenvalue weighted by Gasteiger charge is -2.33. The average molecular weight is 445 g/mol. The third kappa shape index (κ3) is 4.62. The Bertz CT molecular complexity index is 1010. The van der Waals surface area contributed by atoms with E-state index in [0.717, 1.165) is 15.0 Å². The van der Waals surface area contributed by atoms with Gasteiger partial charge in [-0.25, -0.2) is 0 Å². The van der Waals surface area contributed by atoms with Gasteiger partial charge in [0.1, 0.15) is 0 Å². The average Bonchev–Trinajstić information content (AvgIpc) is 3.48. The first-order chi connectivity index (χ1) is 14.6. The highest BCUT2D eigenvalue weighted by Gasteiger charge is 2.26. The van der Waals surface area contributed by atoms with Crippen LogP contribution in [0.3, 0.4) is 0 Å². The summed E-state index contributed by atoms with van der Waals surface area (Å²) >= 11 is 2.82. The highest BCUT2D eigenvalue weighted by Crippen LogP contribution is 2.28. The fourth-order valence-corrected chi connectivity index (χ4v) is 4.73. The van der Waals surface area contributed by atoms with Gasteiger partial charge in [-0.15, -0.1) is 10.2 Å². The Labute approximate surface area is 181 Å². The van der Waals surface area contributed by atoms with E-state index in [1.54, 1.807) is 18.0 Å². The number of aromatic nitrogens is 3. The second kappa shape index (κ2) is 9.26. The number of carbonyl (C=O) groups excluding carboxylic acids is 2. The third-order valence-corrected chi connectivity index (χ3v) is 6.74. The predicted molar refractivity (Wildman–Crippen MR) is 115 cm³/mol. The van der Waals surface area contributed by atoms with Crippen LogP contribution in [0, 0.1) is 0 Å². The van der Waals surface area contributed by atoms with E-state index in [1.165, 1.54) is 23.1 Å². The summed E-state index contributed by atoms with van der Waals surface area (Å²) in [4.78, 5) is 28.0. The van der Waals surface area contributed by atoms with Crippen LogP contribution in [-0.4, -0.2) is 71.0 Å². The van der Waals surface area contributed by atoms with Gasteiger partial charge in [-0.05, 0) is 0 Å². The maximum atomic E-state index is 12.8. The molecule has 1 aliphatic rings. The van der Waals surface area contributed by atoms with E-state index in [2.05, 4.69) is 25.6 Å². The Hall–Kier alpha value is -2.92. The van der Waals surface area contributed by atoms with Gasteiger partial charge in [0.2, 0.25) is 11.0 Å². The molecule has 0 saturated carbocycles. The van der Waals surface area contributed by atoms with Crippen molar-refractivity contribution in [1.29, 1.82) is 0 Å². The summed E-state index contributed by atoms with van der Waals surface area (Å²) in [6.07, 6.45) is 0. The van der Waals surface area contributed by atoms with Crippen LogP contribution in [0.1, 0.15) is 10.5 Å². The van der Waals surface area contributed by atoms with Gasteiger partial charge in [0.05, 0.1) is 5.75 Å². The zero-order valence-corrected chi connectivity index (χ0v) is 17.9. The van der Waals surface area contributed by atoms with Gasteiger partial charge in [-0.1, -0.05) is 58.6 Å². The number of benzene rings is 1. The molecule has 1 N–H and O–H groups in total. The van der Waals surface area contributed by atoms with Crippen molar-refractivity contribution >= 4 is 40.0 Å². The Kier molecular flexibility index (Phi) is 6.29. The van der Waals surface area contributed by atoms with E-state index >= 15 is 0 Å². The molecule has 1 saturated heterocycles. The zero-order chi connectivity index (χ0) is 20.9. The number of nitrogens with one attached hydrogen (secondary N) is 1. The zero-order valence-electron chi connectivity index (χ0n) is 16.3. The molecule has 0 spiro atoms. The van der Waals surface area contributed by atoms with E-state index < -0.39 is 0 Å². The molecule has 0 bridgehead atoms. The van der Waals surface area contributed by atoms with E-state index in [1.807, 2.05) is 30.3 Å². The van der Waals surface area contributed by atoms with Crippen molar-refractivity contribution in [1.82, 2.24) is 25.6 Å². The first-order valence-electron chi connectivity index (χ1n) is 9.37. The van der Waals surface area contributed by atoms with Crippen LogP contribution < -0.4 is 10.2 Å². The number of rotatable bonds is 6. The highest BCUT2D eigenvalue weighted by atomic mass is 32.2. The van der Waals surface area contributed by atoms with Crippen molar-refractivity contribution in [2.45, 2.75) is 4.34 Å². The molecule has 0 unspecified atom stereocenters. The monoisotopic (exact) mass is 444 g/mol. The normalized spacial score (nSPS) is 14.0. The van der Waals surface area contributed by atoms with Gasteiger partial charge < -0.3 is 19.6 Å². The first kappa shape index (κ1) is 20.4. The number of nitrogens with zero attached hydrogens (tertiary/aromatic N) is 5. The van der Waals surface area contributed by atoms with Crippen LogP contribution in [0.5, 0.6) is 0 Å². The van der Waals surface area contributed by atoms with Crippen molar-refractivity contribution in [2.24, 2.45) is 0 Å². The molecule has 0 radical (unpaired) electrons. The maximum absolute atomic E-state index is 12.8. The van der Waals surface area contributed by atoms with Crippen molar-refractivity contribution in [3.63, 3.8) is 0 Å². The number of carbonyl (C=O) groups is 2. The molecule has 2 amide bonds. The fraction of sp³-hybridized carbons (Fsp3) is 0.316. The van der Waals surface area contributed by atoms with Crippen LogP contribution in [0.4, 0.5) is 5.13 Å². The number of anilines is 1. The molecule has 4 rings (SSSR count). The number of piperazine rings is 1. The summed E-state index contributed by atoms with van der Waals surface area (Å²) in [5.41, 5.74) is 1.20. The Balaban J connectivity index is 1.32. The quantitative estimate of drug-likeness (QED) is 0.576. The van der Waals surface area contributed by atoms with Crippen molar-refractivity contribution in [2.75, 3.05) is 43.9 Å². The second-order valence-corrected chi connectivity index (χ2v) is 8.71. The smallest absolute Gasteiger partial charge is 0.276 e. The van der Waals surface area contributed by atoms with Gasteiger partial charge >= 0.3 is 0 Å². The minimum atomic E-state index is -0.139. The standard InChI is InChI=1S/C19H20N6O3S2/c1-20-16(26)12-29-19-22-21-18(30-19)25-9-7-24(8-10-25)17(27)14-11-15(28-23-14)13-5-3-2-4-6-13/h2-6,11H,7-10,12H2,1H3,(H,20,26). The lowest BCUT2D eigenvalue weighted by molar-refractivity contribution is -0.118. The lowest BCUT2D eigenvalue weighted by atomic mass is 10.1. The molecule has 3 aromatic rings. The Morgan fingerprint density at radius 3 is 2.67 bits per heavy atom. The minimum absolute atomic E-state index is 0.0489. The van der Waals surface area contributed by atoms with Crippen LogP contribution in [-0.2, 0) is 4.79 Å². The molecule has 156 valence electrons. The van der Waals surface area contributed by atoms with Crippen LogP contribution in [0.15, 0.2) is 45.3 Å². The van der Waals surface area contributed by atoms with E-state index in [0.29, 0.717) is 43.4 Å². The molecule has 0 atom stereocenters. The van der Waals surface area contributed by atoms with E-state index in [9.17, 15) is 9.59 Å². The number of amides is 2. The predicted octanol–water partition coefficient (Wildman–Crippen LogP) is 1.99. The van der Waals surface area contributed by atoms with Gasteiger partial charge in [0, 0.05) is 44.9 Å². The SMILES string of the molecule is CNC(=O)CSc1nnc(N2CCN(C(=O)c3cc(-c4ccccc4)on3)CC2)s1. The molecule has 3 heterocycles. The Morgan fingerprint density at radius 1 is 1.17 bits per heavy atom. The summed E-state index contributed by atoms with van der Waals surface area (Å²) in [7, 11) is 1.61. The second-order valence-electron chi connectivity index (χ2n) is 6.53. The first-order valence-corrected chi connectivity index (χ1v) is 11.2. The molecule has 1 fully saturated rings. The molecular formula is C19H20N6O3S2. The summed E-state index contributed by atoms with van der Waals surface area (Å²) in [5, 5.41) is 15.7. The number of thioether (sulfide) groups is 1. The molecular weight excluding hydrogens is 424 g/mol. The van der Waals surface area contributed by atoms with E-state index in [4.69, 9.17) is 4.52 Å². The fourth-order valence-electron chi connectivity index (χ4n) is 2.97. The molecule has 1 aliphatic heterocycles. The topological polar surface area (TPSA) is 104 Å². The maximum Gasteiger partial charge on any atom is 0.276 e. The number of hydrogen-bond acceptors (Lipinski definition) is 9. The van der Waals surface area contributed by atoms with Gasteiger partial charge in [0.15, 0.2) is 15.8 Å². The minimum Gasteiger partial charge on any atom is -0.358 e. The Morgan fingerprint density at radius 2 is 1.93 bits per heavy atom. The summed E-state index contributed by atoms with van der Waals surface area (Å²) < 4.78 is 6.10. The summed E-state index contributed by atoms with van der Waals surface area (Å²) in [5.74, 6) is 0.704. The van der Waals surface area contributed by atoms with Crippen LogP contribution >= 0.6 is 23.1 Å². The highest BCUT2D eigenvalue weighted by molar-refractivity contribution is 8.01. The summed E-state index contributed by atoms with van der Waals surface area (Å²) in [6.45, 7) is 2.44. The van der Waals surface area contributed by atoms with Crippen molar-refractivity contribution < 1.29 is 14.1 Å². The molecule has 1 aromatic carbocycles. The van der Waals surface area contributed by atoms with Crippen molar-refractivity contribution in [3.8, 4) is 11.3 Å². The van der Waals surface area contributed by atoms with Crippen LogP contribution in [0.25, 0.3) is 11.3 Å². The van der Waals surface area contributed by atoms with Gasteiger partial charge in [-0.2, -0.15) is 0 Å². The van der Waals surface area contributed by atoms with Gasteiger partial charge in [-0.3, -0.25) is 9.59 Å². The molecule has 9 nitrogen and oxygen atoms in total. The lowest BCUT2D eigenvalue weighted by Crippen LogP contribution is -2.48. The third-order valence-electron chi connectivity index (χ3n) is 4.63. The van der Waals surface area contributed by atoms with Crippen LogP contribution in [0.2, 0.25) is 0 Å². The largest absolute Gasteiger partial charge is 0.358 e. The van der Waals surface area contributed by atoms with E-state index in [-0.39, 0.29) is 11.8 Å². The molecule has 11 heteroatoms. The number of hydrogen-bond donors (Lipinski definition) is 1. The molecule has 30 heavy (non-hydrogen) atoms. The summed E-state index contributed by atoms with van der Waals surface area (Å²) in [6, 6.07) is 11.3.